The molecule has 3 N–H and O–H groups in total. The van der Waals surface area contributed by atoms with Crippen LogP contribution >= 0.6 is 12.2 Å². The molecule has 86 valence electrons. The van der Waals surface area contributed by atoms with Gasteiger partial charge in [-0.25, -0.2) is 0 Å². The van der Waals surface area contributed by atoms with Crippen molar-refractivity contribution in [1.82, 2.24) is 5.32 Å². The number of hydrogen-bond acceptors (Lipinski definition) is 1. The summed E-state index contributed by atoms with van der Waals surface area (Å²) in [4.78, 5) is 0. The van der Waals surface area contributed by atoms with E-state index in [2.05, 4.69) is 5.32 Å². The van der Waals surface area contributed by atoms with E-state index in [1.165, 1.54) is 51.4 Å². The van der Waals surface area contributed by atoms with Crippen LogP contribution in [0.15, 0.2) is 0 Å². The Hall–Kier alpha value is -0.310. The molecule has 2 rings (SSSR count). The zero-order valence-electron chi connectivity index (χ0n) is 9.37. The third-order valence-electron chi connectivity index (χ3n) is 4.15. The van der Waals surface area contributed by atoms with E-state index in [-0.39, 0.29) is 0 Å². The minimum Gasteiger partial charge on any atom is -0.376 e. The van der Waals surface area contributed by atoms with Crippen LogP contribution in [0.25, 0.3) is 0 Å². The second-order valence-corrected chi connectivity index (χ2v) is 5.55. The zero-order valence-corrected chi connectivity index (χ0v) is 10.2. The average molecular weight is 226 g/mol. The Morgan fingerprint density at radius 1 is 1.00 bits per heavy atom. The highest BCUT2D eigenvalue weighted by molar-refractivity contribution is 7.80. The van der Waals surface area contributed by atoms with E-state index in [1.807, 2.05) is 0 Å². The second kappa shape index (κ2) is 5.15. The maximum atomic E-state index is 5.58. The van der Waals surface area contributed by atoms with Crippen LogP contribution in [0.3, 0.4) is 0 Å². The molecule has 0 spiro atoms. The van der Waals surface area contributed by atoms with Crippen LogP contribution in [0.5, 0.6) is 0 Å². The van der Waals surface area contributed by atoms with Crippen LogP contribution in [0.2, 0.25) is 0 Å². The lowest BCUT2D eigenvalue weighted by molar-refractivity contribution is 0.227. The van der Waals surface area contributed by atoms with Gasteiger partial charge in [0.2, 0.25) is 0 Å². The maximum Gasteiger partial charge on any atom is 0.163 e. The van der Waals surface area contributed by atoms with Gasteiger partial charge in [0.15, 0.2) is 5.11 Å². The smallest absolute Gasteiger partial charge is 0.163 e. The second-order valence-electron chi connectivity index (χ2n) is 5.11. The Morgan fingerprint density at radius 2 is 1.73 bits per heavy atom. The molecular weight excluding hydrogens is 204 g/mol. The molecule has 0 bridgehead atoms. The highest BCUT2D eigenvalue weighted by Crippen LogP contribution is 2.39. The molecule has 3 heteroatoms. The maximum absolute atomic E-state index is 5.58. The lowest BCUT2D eigenvalue weighted by Gasteiger charge is -2.32. The Labute approximate surface area is 98.0 Å². The summed E-state index contributed by atoms with van der Waals surface area (Å²) in [7, 11) is 0. The first kappa shape index (κ1) is 11.2. The highest BCUT2D eigenvalue weighted by atomic mass is 32.1. The molecule has 2 atom stereocenters. The van der Waals surface area contributed by atoms with Gasteiger partial charge in [-0.15, -0.1) is 0 Å². The van der Waals surface area contributed by atoms with Crippen LogP contribution in [0, 0.1) is 11.8 Å². The fraction of sp³-hybridized carbons (Fsp3) is 0.917. The molecular formula is C12H22N2S. The zero-order chi connectivity index (χ0) is 10.7. The summed E-state index contributed by atoms with van der Waals surface area (Å²) in [5.74, 6) is 1.78. The van der Waals surface area contributed by atoms with Gasteiger partial charge < -0.3 is 11.1 Å². The fourth-order valence-electron chi connectivity index (χ4n) is 3.48. The molecule has 2 saturated carbocycles. The summed E-state index contributed by atoms with van der Waals surface area (Å²) < 4.78 is 0. The van der Waals surface area contributed by atoms with Gasteiger partial charge in [-0.3, -0.25) is 0 Å². The van der Waals surface area contributed by atoms with Gasteiger partial charge in [0.05, 0.1) is 0 Å². The number of hydrogen-bond donors (Lipinski definition) is 2. The Morgan fingerprint density at radius 3 is 2.40 bits per heavy atom. The molecule has 0 aromatic carbocycles. The standard InChI is InChI=1S/C12H22N2S/c13-12(15)14-11-8-4-7-10(11)9-5-2-1-3-6-9/h9-11H,1-8H2,(H3,13,14,15). The van der Waals surface area contributed by atoms with E-state index >= 15 is 0 Å². The van der Waals surface area contributed by atoms with Gasteiger partial charge in [0.1, 0.15) is 0 Å². The number of nitrogens with one attached hydrogen (secondary N) is 1. The van der Waals surface area contributed by atoms with E-state index in [4.69, 9.17) is 18.0 Å². The highest BCUT2D eigenvalue weighted by Gasteiger charge is 2.34. The van der Waals surface area contributed by atoms with E-state index in [0.717, 1.165) is 11.8 Å². The lowest BCUT2D eigenvalue weighted by Crippen LogP contribution is -2.42. The van der Waals surface area contributed by atoms with E-state index in [0.29, 0.717) is 11.2 Å². The first-order valence-corrected chi connectivity index (χ1v) is 6.74. The van der Waals surface area contributed by atoms with Crippen LogP contribution in [0.1, 0.15) is 51.4 Å². The van der Waals surface area contributed by atoms with Gasteiger partial charge in [0.25, 0.3) is 0 Å². The van der Waals surface area contributed by atoms with Crippen molar-refractivity contribution >= 4 is 17.3 Å². The molecule has 0 radical (unpaired) electrons. The molecule has 0 heterocycles. The summed E-state index contributed by atoms with van der Waals surface area (Å²) in [5, 5.41) is 3.79. The minimum absolute atomic E-state index is 0.489. The Kier molecular flexibility index (Phi) is 3.84. The number of nitrogens with two attached hydrogens (primary N) is 1. The number of rotatable bonds is 2. The first-order valence-electron chi connectivity index (χ1n) is 6.33. The van der Waals surface area contributed by atoms with Gasteiger partial charge in [-0.05, 0) is 36.9 Å². The molecule has 2 nitrogen and oxygen atoms in total. The summed E-state index contributed by atoms with van der Waals surface area (Å²) >= 11 is 4.95. The molecule has 2 aliphatic carbocycles. The van der Waals surface area contributed by atoms with Gasteiger partial charge in [-0.1, -0.05) is 38.5 Å². The van der Waals surface area contributed by atoms with E-state index in [1.54, 1.807) is 0 Å². The molecule has 0 aromatic rings. The molecule has 0 aliphatic heterocycles. The first-order chi connectivity index (χ1) is 7.27. The third-order valence-corrected chi connectivity index (χ3v) is 4.27. The van der Waals surface area contributed by atoms with Crippen molar-refractivity contribution in [2.45, 2.75) is 57.4 Å². The Balaban J connectivity index is 1.91. The molecule has 2 unspecified atom stereocenters. The average Bonchev–Trinajstić information content (AvgIpc) is 2.66. The summed E-state index contributed by atoms with van der Waals surface area (Å²) in [6, 6.07) is 0.575. The van der Waals surface area contributed by atoms with Crippen molar-refractivity contribution in [1.29, 1.82) is 0 Å². The predicted molar refractivity (Wildman–Crippen MR) is 67.6 cm³/mol. The van der Waals surface area contributed by atoms with Crippen LogP contribution in [-0.2, 0) is 0 Å². The largest absolute Gasteiger partial charge is 0.376 e. The van der Waals surface area contributed by atoms with Crippen molar-refractivity contribution < 1.29 is 0 Å². The quantitative estimate of drug-likeness (QED) is 0.711. The van der Waals surface area contributed by atoms with E-state index < -0.39 is 0 Å². The normalized spacial score (nSPS) is 32.8. The van der Waals surface area contributed by atoms with Crippen LogP contribution in [0.4, 0.5) is 0 Å². The Bertz CT molecular complexity index is 224. The lowest BCUT2D eigenvalue weighted by atomic mass is 9.77. The molecule has 0 amide bonds. The van der Waals surface area contributed by atoms with E-state index in [9.17, 15) is 0 Å². The molecule has 0 aromatic heterocycles. The topological polar surface area (TPSA) is 38.0 Å². The molecule has 2 fully saturated rings. The third kappa shape index (κ3) is 2.83. The number of thiocarbonyl (C=S) groups is 1. The van der Waals surface area contributed by atoms with Gasteiger partial charge >= 0.3 is 0 Å². The van der Waals surface area contributed by atoms with Gasteiger partial charge in [0, 0.05) is 6.04 Å². The molecule has 15 heavy (non-hydrogen) atoms. The molecule has 0 saturated heterocycles. The fourth-order valence-corrected chi connectivity index (χ4v) is 3.63. The van der Waals surface area contributed by atoms with Crippen LogP contribution < -0.4 is 11.1 Å². The van der Waals surface area contributed by atoms with Crippen LogP contribution in [-0.4, -0.2) is 11.2 Å². The predicted octanol–water partition coefficient (Wildman–Crippen LogP) is 2.57. The summed E-state index contributed by atoms with van der Waals surface area (Å²) in [6.07, 6.45) is 11.2. The summed E-state index contributed by atoms with van der Waals surface area (Å²) in [6.45, 7) is 0. The van der Waals surface area contributed by atoms with Crippen molar-refractivity contribution in [2.75, 3.05) is 0 Å². The van der Waals surface area contributed by atoms with Crippen molar-refractivity contribution in [3.63, 3.8) is 0 Å². The monoisotopic (exact) mass is 226 g/mol. The van der Waals surface area contributed by atoms with Gasteiger partial charge in [-0.2, -0.15) is 0 Å². The van der Waals surface area contributed by atoms with Crippen molar-refractivity contribution in [2.24, 2.45) is 17.6 Å². The van der Waals surface area contributed by atoms with Crippen molar-refractivity contribution in [3.8, 4) is 0 Å². The minimum atomic E-state index is 0.489. The SMILES string of the molecule is NC(=S)NC1CCCC1C1CCCCC1. The van der Waals surface area contributed by atoms with Crippen molar-refractivity contribution in [3.05, 3.63) is 0 Å². The summed E-state index contributed by atoms with van der Waals surface area (Å²) in [5.41, 5.74) is 5.58. The molecule has 2 aliphatic rings.